The fraction of sp³-hybridized carbons (Fsp3) is 0.562. The van der Waals surface area contributed by atoms with E-state index in [0.29, 0.717) is 12.0 Å². The van der Waals surface area contributed by atoms with Crippen LogP contribution in [0.2, 0.25) is 0 Å². The van der Waals surface area contributed by atoms with Crippen molar-refractivity contribution in [2.45, 2.75) is 46.2 Å². The van der Waals surface area contributed by atoms with Crippen LogP contribution in [0.4, 0.5) is 0 Å². The maximum absolute atomic E-state index is 12.4. The number of carbonyl (C=O) groups is 1. The third-order valence-electron chi connectivity index (χ3n) is 4.15. The first-order valence-corrected chi connectivity index (χ1v) is 7.10. The number of rotatable bonds is 2. The summed E-state index contributed by atoms with van der Waals surface area (Å²) in [7, 11) is 0. The molecule has 3 unspecified atom stereocenters. The van der Waals surface area contributed by atoms with Crippen molar-refractivity contribution in [3.05, 3.63) is 34.9 Å². The molecular formula is C16H24N2O. The van der Waals surface area contributed by atoms with Gasteiger partial charge >= 0.3 is 0 Å². The Morgan fingerprint density at radius 1 is 1.32 bits per heavy atom. The highest BCUT2D eigenvalue weighted by Crippen LogP contribution is 2.18. The molecule has 0 aliphatic carbocycles. The van der Waals surface area contributed by atoms with E-state index < -0.39 is 0 Å². The molecule has 0 spiro atoms. The van der Waals surface area contributed by atoms with Gasteiger partial charge in [0, 0.05) is 17.6 Å². The third kappa shape index (κ3) is 3.16. The molecule has 2 N–H and O–H groups in total. The summed E-state index contributed by atoms with van der Waals surface area (Å²) in [6, 6.07) is 6.56. The normalized spacial score (nSPS) is 27.1. The minimum atomic E-state index is 0.0496. The molecule has 0 saturated carbocycles. The summed E-state index contributed by atoms with van der Waals surface area (Å²) in [4.78, 5) is 12.4. The van der Waals surface area contributed by atoms with E-state index in [1.807, 2.05) is 32.0 Å². The lowest BCUT2D eigenvalue weighted by Crippen LogP contribution is -2.56. The highest BCUT2D eigenvalue weighted by atomic mass is 16.1. The van der Waals surface area contributed by atoms with E-state index in [4.69, 9.17) is 0 Å². The number of amides is 1. The van der Waals surface area contributed by atoms with Gasteiger partial charge in [-0.3, -0.25) is 4.79 Å². The standard InChI is InChI=1S/C16H24N2O/c1-10-5-6-11(2)14(9-10)16(19)18-15-12(3)7-8-17-13(15)4/h5-6,9,12-13,15,17H,7-8H2,1-4H3,(H,18,19). The summed E-state index contributed by atoms with van der Waals surface area (Å²) in [5.74, 6) is 0.568. The molecule has 1 aromatic rings. The van der Waals surface area contributed by atoms with Crippen LogP contribution < -0.4 is 10.6 Å². The summed E-state index contributed by atoms with van der Waals surface area (Å²) in [5.41, 5.74) is 2.95. The summed E-state index contributed by atoms with van der Waals surface area (Å²) < 4.78 is 0. The molecule has 3 atom stereocenters. The molecule has 19 heavy (non-hydrogen) atoms. The molecule has 0 bridgehead atoms. The molecule has 1 aliphatic rings. The Hall–Kier alpha value is -1.35. The highest BCUT2D eigenvalue weighted by Gasteiger charge is 2.29. The molecular weight excluding hydrogens is 236 g/mol. The first-order valence-electron chi connectivity index (χ1n) is 7.10. The molecule has 0 aromatic heterocycles. The predicted molar refractivity (Wildman–Crippen MR) is 78.4 cm³/mol. The monoisotopic (exact) mass is 260 g/mol. The first kappa shape index (κ1) is 14.1. The van der Waals surface area contributed by atoms with Gasteiger partial charge in [0.05, 0.1) is 0 Å². The van der Waals surface area contributed by atoms with Crippen molar-refractivity contribution in [2.24, 2.45) is 5.92 Å². The minimum Gasteiger partial charge on any atom is -0.347 e. The number of nitrogens with one attached hydrogen (secondary N) is 2. The van der Waals surface area contributed by atoms with Gasteiger partial charge in [-0.1, -0.05) is 24.6 Å². The Balaban J connectivity index is 2.14. The second-order valence-electron chi connectivity index (χ2n) is 5.83. The Morgan fingerprint density at radius 3 is 2.74 bits per heavy atom. The van der Waals surface area contributed by atoms with Crippen molar-refractivity contribution in [3.8, 4) is 0 Å². The third-order valence-corrected chi connectivity index (χ3v) is 4.15. The Kier molecular flexibility index (Phi) is 4.25. The van der Waals surface area contributed by atoms with Gasteiger partial charge in [0.2, 0.25) is 0 Å². The lowest BCUT2D eigenvalue weighted by molar-refractivity contribution is 0.0897. The molecule has 1 fully saturated rings. The van der Waals surface area contributed by atoms with Crippen molar-refractivity contribution >= 4 is 5.91 Å². The summed E-state index contributed by atoms with van der Waals surface area (Å²) in [5, 5.41) is 6.63. The molecule has 3 nitrogen and oxygen atoms in total. The molecule has 1 saturated heterocycles. The van der Waals surface area contributed by atoms with Crippen LogP contribution in [-0.4, -0.2) is 24.5 Å². The quantitative estimate of drug-likeness (QED) is 0.857. The summed E-state index contributed by atoms with van der Waals surface area (Å²) in [6.07, 6.45) is 1.11. The maximum Gasteiger partial charge on any atom is 0.251 e. The Labute approximate surface area is 115 Å². The fourth-order valence-corrected chi connectivity index (χ4v) is 2.81. The van der Waals surface area contributed by atoms with Gasteiger partial charge in [-0.25, -0.2) is 0 Å². The average molecular weight is 260 g/mol. The number of hydrogen-bond acceptors (Lipinski definition) is 2. The van der Waals surface area contributed by atoms with E-state index >= 15 is 0 Å². The maximum atomic E-state index is 12.4. The highest BCUT2D eigenvalue weighted by molar-refractivity contribution is 5.96. The van der Waals surface area contributed by atoms with E-state index in [2.05, 4.69) is 24.5 Å². The molecule has 1 heterocycles. The van der Waals surface area contributed by atoms with E-state index in [1.165, 1.54) is 0 Å². The zero-order chi connectivity index (χ0) is 14.0. The summed E-state index contributed by atoms with van der Waals surface area (Å²) in [6.45, 7) is 9.40. The van der Waals surface area contributed by atoms with Gasteiger partial charge in [-0.15, -0.1) is 0 Å². The molecule has 104 valence electrons. The Morgan fingerprint density at radius 2 is 2.05 bits per heavy atom. The van der Waals surface area contributed by atoms with E-state index in [-0.39, 0.29) is 11.9 Å². The van der Waals surface area contributed by atoms with Gasteiger partial charge in [-0.2, -0.15) is 0 Å². The largest absolute Gasteiger partial charge is 0.347 e. The SMILES string of the molecule is Cc1ccc(C)c(C(=O)NC2C(C)CCNC2C)c1. The second-order valence-corrected chi connectivity index (χ2v) is 5.83. The van der Waals surface area contributed by atoms with E-state index in [9.17, 15) is 4.79 Å². The second kappa shape index (κ2) is 5.74. The van der Waals surface area contributed by atoms with Gasteiger partial charge in [0.25, 0.3) is 5.91 Å². The molecule has 1 amide bonds. The van der Waals surface area contributed by atoms with Crippen LogP contribution in [0.1, 0.15) is 41.8 Å². The number of hydrogen-bond donors (Lipinski definition) is 2. The van der Waals surface area contributed by atoms with Crippen LogP contribution in [0.3, 0.4) is 0 Å². The summed E-state index contributed by atoms with van der Waals surface area (Å²) >= 11 is 0. The zero-order valence-corrected chi connectivity index (χ0v) is 12.3. The molecule has 1 aliphatic heterocycles. The van der Waals surface area contributed by atoms with Crippen molar-refractivity contribution in [2.75, 3.05) is 6.54 Å². The molecule has 0 radical (unpaired) electrons. The van der Waals surface area contributed by atoms with Crippen LogP contribution in [0.5, 0.6) is 0 Å². The van der Waals surface area contributed by atoms with Crippen LogP contribution in [0, 0.1) is 19.8 Å². The fourth-order valence-electron chi connectivity index (χ4n) is 2.81. The smallest absolute Gasteiger partial charge is 0.251 e. The van der Waals surface area contributed by atoms with E-state index in [1.54, 1.807) is 0 Å². The van der Waals surface area contributed by atoms with Gasteiger partial charge < -0.3 is 10.6 Å². The van der Waals surface area contributed by atoms with Crippen molar-refractivity contribution in [1.82, 2.24) is 10.6 Å². The first-order chi connectivity index (χ1) is 8.99. The minimum absolute atomic E-state index is 0.0496. The number of benzene rings is 1. The van der Waals surface area contributed by atoms with Crippen molar-refractivity contribution < 1.29 is 4.79 Å². The number of aryl methyl sites for hydroxylation is 2. The van der Waals surface area contributed by atoms with Crippen molar-refractivity contribution in [1.29, 1.82) is 0 Å². The number of piperidine rings is 1. The lowest BCUT2D eigenvalue weighted by atomic mass is 9.89. The molecule has 1 aromatic carbocycles. The van der Waals surface area contributed by atoms with Crippen LogP contribution >= 0.6 is 0 Å². The lowest BCUT2D eigenvalue weighted by Gasteiger charge is -2.36. The van der Waals surface area contributed by atoms with Gasteiger partial charge in [0.1, 0.15) is 0 Å². The predicted octanol–water partition coefficient (Wildman–Crippen LogP) is 2.42. The number of carbonyl (C=O) groups excluding carboxylic acids is 1. The van der Waals surface area contributed by atoms with E-state index in [0.717, 1.165) is 29.7 Å². The average Bonchev–Trinajstić information content (AvgIpc) is 2.37. The van der Waals surface area contributed by atoms with Crippen molar-refractivity contribution in [3.63, 3.8) is 0 Å². The van der Waals surface area contributed by atoms with Gasteiger partial charge in [0.15, 0.2) is 0 Å². The Bertz CT molecular complexity index is 460. The molecule has 2 rings (SSSR count). The van der Waals surface area contributed by atoms with Crippen LogP contribution in [0.25, 0.3) is 0 Å². The van der Waals surface area contributed by atoms with Crippen LogP contribution in [-0.2, 0) is 0 Å². The molecule has 3 heteroatoms. The zero-order valence-electron chi connectivity index (χ0n) is 12.3. The van der Waals surface area contributed by atoms with Crippen LogP contribution in [0.15, 0.2) is 18.2 Å². The van der Waals surface area contributed by atoms with Gasteiger partial charge in [-0.05, 0) is 51.3 Å². The topological polar surface area (TPSA) is 41.1 Å².